The van der Waals surface area contributed by atoms with Gasteiger partial charge in [0.05, 0.1) is 5.60 Å². The number of hydrogen-bond acceptors (Lipinski definition) is 2. The van der Waals surface area contributed by atoms with Gasteiger partial charge in [-0.25, -0.2) is 4.39 Å². The Hall–Kier alpha value is -0.640. The Labute approximate surface area is 112 Å². The van der Waals surface area contributed by atoms with Crippen LogP contribution in [0.2, 0.25) is 5.02 Å². The zero-order chi connectivity index (χ0) is 13.2. The van der Waals surface area contributed by atoms with Crippen LogP contribution in [0, 0.1) is 5.82 Å². The molecule has 2 rings (SSSR count). The van der Waals surface area contributed by atoms with E-state index in [1.54, 1.807) is 6.07 Å². The molecule has 1 fully saturated rings. The Balaban J connectivity index is 1.97. The van der Waals surface area contributed by atoms with E-state index in [9.17, 15) is 9.50 Å². The van der Waals surface area contributed by atoms with Crippen LogP contribution in [0.3, 0.4) is 0 Å². The van der Waals surface area contributed by atoms with Crippen molar-refractivity contribution < 1.29 is 9.50 Å². The van der Waals surface area contributed by atoms with Crippen molar-refractivity contribution in [3.63, 3.8) is 0 Å². The van der Waals surface area contributed by atoms with Gasteiger partial charge in [0.15, 0.2) is 0 Å². The molecule has 0 spiro atoms. The standard InChI is InChI=1S/C14H19ClFNO/c1-10(12-5-4-11(16)8-13(12)15)17-9-14(18)6-2-3-7-14/h4-5,8,10,17-18H,2-3,6-7,9H2,1H3. The van der Waals surface area contributed by atoms with Crippen molar-refractivity contribution in [1.82, 2.24) is 5.32 Å². The van der Waals surface area contributed by atoms with Gasteiger partial charge in [0.1, 0.15) is 5.82 Å². The Morgan fingerprint density at radius 2 is 2.11 bits per heavy atom. The number of aliphatic hydroxyl groups is 1. The molecule has 1 unspecified atom stereocenters. The molecule has 0 aliphatic heterocycles. The lowest BCUT2D eigenvalue weighted by atomic mass is 10.0. The van der Waals surface area contributed by atoms with Gasteiger partial charge in [-0.15, -0.1) is 0 Å². The highest BCUT2D eigenvalue weighted by molar-refractivity contribution is 6.31. The molecular formula is C14H19ClFNO. The third-order valence-electron chi connectivity index (χ3n) is 3.70. The van der Waals surface area contributed by atoms with Gasteiger partial charge in [0.25, 0.3) is 0 Å². The number of benzene rings is 1. The molecule has 100 valence electrons. The summed E-state index contributed by atoms with van der Waals surface area (Å²) in [6.45, 7) is 2.53. The van der Waals surface area contributed by atoms with Crippen LogP contribution in [0.15, 0.2) is 18.2 Å². The van der Waals surface area contributed by atoms with Crippen molar-refractivity contribution in [2.75, 3.05) is 6.54 Å². The topological polar surface area (TPSA) is 32.3 Å². The molecule has 1 atom stereocenters. The fourth-order valence-corrected chi connectivity index (χ4v) is 2.85. The molecule has 1 aliphatic rings. The summed E-state index contributed by atoms with van der Waals surface area (Å²) in [4.78, 5) is 0. The first-order chi connectivity index (χ1) is 8.50. The minimum atomic E-state index is -0.583. The zero-order valence-corrected chi connectivity index (χ0v) is 11.3. The summed E-state index contributed by atoms with van der Waals surface area (Å²) >= 11 is 6.01. The third kappa shape index (κ3) is 3.22. The molecule has 1 aromatic carbocycles. The van der Waals surface area contributed by atoms with Gasteiger partial charge in [-0.1, -0.05) is 30.5 Å². The van der Waals surface area contributed by atoms with E-state index in [0.717, 1.165) is 31.2 Å². The van der Waals surface area contributed by atoms with Crippen molar-refractivity contribution >= 4 is 11.6 Å². The van der Waals surface area contributed by atoms with Crippen LogP contribution < -0.4 is 5.32 Å². The lowest BCUT2D eigenvalue weighted by molar-refractivity contribution is 0.0453. The lowest BCUT2D eigenvalue weighted by Crippen LogP contribution is -2.39. The SMILES string of the molecule is CC(NCC1(O)CCCC1)c1ccc(F)cc1Cl. The first-order valence-corrected chi connectivity index (χ1v) is 6.79. The molecule has 0 heterocycles. The third-order valence-corrected chi connectivity index (χ3v) is 4.03. The quantitative estimate of drug-likeness (QED) is 0.879. The van der Waals surface area contributed by atoms with E-state index < -0.39 is 5.60 Å². The molecule has 4 heteroatoms. The second kappa shape index (κ2) is 5.55. The average Bonchev–Trinajstić information content (AvgIpc) is 2.74. The highest BCUT2D eigenvalue weighted by Gasteiger charge is 2.31. The molecule has 0 amide bonds. The molecule has 1 aromatic rings. The summed E-state index contributed by atoms with van der Waals surface area (Å²) < 4.78 is 13.0. The lowest BCUT2D eigenvalue weighted by Gasteiger charge is -2.25. The highest BCUT2D eigenvalue weighted by atomic mass is 35.5. The minimum absolute atomic E-state index is 0.00252. The number of rotatable bonds is 4. The molecule has 0 aromatic heterocycles. The largest absolute Gasteiger partial charge is 0.389 e. The molecule has 2 nitrogen and oxygen atoms in total. The van der Waals surface area contributed by atoms with Gasteiger partial charge in [-0.2, -0.15) is 0 Å². The number of halogens is 2. The maximum absolute atomic E-state index is 13.0. The molecule has 2 N–H and O–H groups in total. The smallest absolute Gasteiger partial charge is 0.124 e. The Morgan fingerprint density at radius 1 is 1.44 bits per heavy atom. The predicted octanol–water partition coefficient (Wildman–Crippen LogP) is 3.43. The normalized spacial score (nSPS) is 20.0. The van der Waals surface area contributed by atoms with Crippen LogP contribution in [-0.4, -0.2) is 17.3 Å². The van der Waals surface area contributed by atoms with Crippen LogP contribution in [0.25, 0.3) is 0 Å². The second-order valence-corrected chi connectivity index (χ2v) is 5.61. The maximum atomic E-state index is 13.0. The first kappa shape index (κ1) is 13.8. The molecular weight excluding hydrogens is 253 g/mol. The molecule has 0 radical (unpaired) electrons. The summed E-state index contributed by atoms with van der Waals surface area (Å²) in [5.74, 6) is -0.328. The van der Waals surface area contributed by atoms with Gasteiger partial charge >= 0.3 is 0 Å². The second-order valence-electron chi connectivity index (χ2n) is 5.20. The monoisotopic (exact) mass is 271 g/mol. The van der Waals surface area contributed by atoms with E-state index >= 15 is 0 Å². The van der Waals surface area contributed by atoms with Crippen LogP contribution in [0.5, 0.6) is 0 Å². The van der Waals surface area contributed by atoms with Gasteiger partial charge < -0.3 is 10.4 Å². The average molecular weight is 272 g/mol. The van der Waals surface area contributed by atoms with Crippen molar-refractivity contribution in [2.45, 2.75) is 44.2 Å². The Bertz CT molecular complexity index is 418. The first-order valence-electron chi connectivity index (χ1n) is 6.41. The van der Waals surface area contributed by atoms with Gasteiger partial charge in [-0.3, -0.25) is 0 Å². The number of hydrogen-bond donors (Lipinski definition) is 2. The van der Waals surface area contributed by atoms with Crippen molar-refractivity contribution in [1.29, 1.82) is 0 Å². The molecule has 1 saturated carbocycles. The molecule has 0 bridgehead atoms. The van der Waals surface area contributed by atoms with Crippen molar-refractivity contribution in [3.8, 4) is 0 Å². The van der Waals surface area contributed by atoms with E-state index in [-0.39, 0.29) is 11.9 Å². The Kier molecular flexibility index (Phi) is 4.25. The highest BCUT2D eigenvalue weighted by Crippen LogP contribution is 2.30. The van der Waals surface area contributed by atoms with E-state index in [4.69, 9.17) is 11.6 Å². The maximum Gasteiger partial charge on any atom is 0.124 e. The fraction of sp³-hybridized carbons (Fsp3) is 0.571. The predicted molar refractivity (Wildman–Crippen MR) is 71.2 cm³/mol. The number of nitrogens with one attached hydrogen (secondary N) is 1. The zero-order valence-electron chi connectivity index (χ0n) is 10.5. The summed E-state index contributed by atoms with van der Waals surface area (Å²) in [6.07, 6.45) is 3.88. The van der Waals surface area contributed by atoms with E-state index in [1.807, 2.05) is 6.92 Å². The van der Waals surface area contributed by atoms with Gasteiger partial charge in [-0.05, 0) is 37.5 Å². The molecule has 1 aliphatic carbocycles. The van der Waals surface area contributed by atoms with Gasteiger partial charge in [0.2, 0.25) is 0 Å². The van der Waals surface area contributed by atoms with E-state index in [2.05, 4.69) is 5.32 Å². The molecule has 18 heavy (non-hydrogen) atoms. The van der Waals surface area contributed by atoms with E-state index in [0.29, 0.717) is 11.6 Å². The van der Waals surface area contributed by atoms with E-state index in [1.165, 1.54) is 12.1 Å². The minimum Gasteiger partial charge on any atom is -0.389 e. The van der Waals surface area contributed by atoms with Gasteiger partial charge in [0, 0.05) is 17.6 Å². The van der Waals surface area contributed by atoms with Crippen LogP contribution in [0.4, 0.5) is 4.39 Å². The van der Waals surface area contributed by atoms with Crippen LogP contribution in [-0.2, 0) is 0 Å². The van der Waals surface area contributed by atoms with Crippen LogP contribution >= 0.6 is 11.6 Å². The fourth-order valence-electron chi connectivity index (χ4n) is 2.52. The van der Waals surface area contributed by atoms with Crippen molar-refractivity contribution in [3.05, 3.63) is 34.6 Å². The summed E-state index contributed by atoms with van der Waals surface area (Å²) in [5, 5.41) is 14.0. The summed E-state index contributed by atoms with van der Waals surface area (Å²) in [6, 6.07) is 4.42. The summed E-state index contributed by atoms with van der Waals surface area (Å²) in [5.41, 5.74) is 0.278. The summed E-state index contributed by atoms with van der Waals surface area (Å²) in [7, 11) is 0. The van der Waals surface area contributed by atoms with Crippen LogP contribution in [0.1, 0.15) is 44.2 Å². The molecule has 0 saturated heterocycles. The Morgan fingerprint density at radius 3 is 2.72 bits per heavy atom. The van der Waals surface area contributed by atoms with Crippen molar-refractivity contribution in [2.24, 2.45) is 0 Å².